The van der Waals surface area contributed by atoms with Crippen LogP contribution in [0, 0.1) is 18.3 Å². The summed E-state index contributed by atoms with van der Waals surface area (Å²) in [7, 11) is 0. The Morgan fingerprint density at radius 3 is 2.84 bits per heavy atom. The van der Waals surface area contributed by atoms with Crippen LogP contribution in [0.4, 0.5) is 11.5 Å². The first-order valence-corrected chi connectivity index (χ1v) is 6.05. The van der Waals surface area contributed by atoms with Gasteiger partial charge >= 0.3 is 0 Å². The Hall–Kier alpha value is -2.61. The lowest BCUT2D eigenvalue weighted by molar-refractivity contribution is 1.05. The summed E-state index contributed by atoms with van der Waals surface area (Å²) >= 11 is 0. The summed E-state index contributed by atoms with van der Waals surface area (Å²) in [5.41, 5.74) is 2.62. The lowest BCUT2D eigenvalue weighted by Crippen LogP contribution is -2.15. The smallest absolute Gasteiger partial charge is 0.142 e. The van der Waals surface area contributed by atoms with E-state index >= 15 is 0 Å². The number of nitrogens with zero attached hydrogens (tertiary/aromatic N) is 3. The van der Waals surface area contributed by atoms with E-state index in [-0.39, 0.29) is 0 Å². The van der Waals surface area contributed by atoms with E-state index in [0.717, 1.165) is 24.3 Å². The quantitative estimate of drug-likeness (QED) is 0.799. The summed E-state index contributed by atoms with van der Waals surface area (Å²) < 4.78 is 0. The lowest BCUT2D eigenvalue weighted by atomic mass is 10.2. The molecule has 0 radical (unpaired) electrons. The Morgan fingerprint density at radius 2 is 2.05 bits per heavy atom. The van der Waals surface area contributed by atoms with Crippen molar-refractivity contribution in [3.05, 3.63) is 47.9 Å². The van der Waals surface area contributed by atoms with Gasteiger partial charge in [-0.1, -0.05) is 6.07 Å². The molecule has 2 aromatic rings. The van der Waals surface area contributed by atoms with E-state index in [0.29, 0.717) is 11.5 Å². The van der Waals surface area contributed by atoms with Gasteiger partial charge in [-0.25, -0.2) is 4.98 Å². The third kappa shape index (κ3) is 3.68. The monoisotopic (exact) mass is 253 g/mol. The molecular formula is C14H15N5. The van der Waals surface area contributed by atoms with Crippen molar-refractivity contribution in [1.82, 2.24) is 9.97 Å². The van der Waals surface area contributed by atoms with Gasteiger partial charge in [0.2, 0.25) is 0 Å². The number of pyridine rings is 2. The zero-order valence-electron chi connectivity index (χ0n) is 10.7. The van der Waals surface area contributed by atoms with Crippen molar-refractivity contribution in [3.8, 4) is 6.07 Å². The van der Waals surface area contributed by atoms with Gasteiger partial charge in [0.15, 0.2) is 0 Å². The first-order chi connectivity index (χ1) is 9.29. The van der Waals surface area contributed by atoms with Crippen LogP contribution in [-0.4, -0.2) is 23.1 Å². The molecule has 19 heavy (non-hydrogen) atoms. The topological polar surface area (TPSA) is 73.6 Å². The third-order valence-electron chi connectivity index (χ3n) is 2.63. The normalized spacial score (nSPS) is 9.68. The first-order valence-electron chi connectivity index (χ1n) is 6.05. The number of nitrogens with one attached hydrogen (secondary N) is 2. The number of hydrogen-bond acceptors (Lipinski definition) is 5. The molecule has 0 aromatic carbocycles. The maximum atomic E-state index is 8.75. The van der Waals surface area contributed by atoms with Gasteiger partial charge in [0.05, 0.1) is 0 Å². The summed E-state index contributed by atoms with van der Waals surface area (Å²) in [5, 5.41) is 15.2. The molecule has 0 aliphatic rings. The van der Waals surface area contributed by atoms with Crippen LogP contribution >= 0.6 is 0 Å². The van der Waals surface area contributed by atoms with Gasteiger partial charge in [0, 0.05) is 31.2 Å². The molecule has 0 aliphatic carbocycles. The van der Waals surface area contributed by atoms with Crippen molar-refractivity contribution in [2.75, 3.05) is 23.7 Å². The zero-order chi connectivity index (χ0) is 13.5. The summed E-state index contributed by atoms with van der Waals surface area (Å²) in [5.74, 6) is 0.715. The van der Waals surface area contributed by atoms with Gasteiger partial charge in [0.1, 0.15) is 17.6 Å². The van der Waals surface area contributed by atoms with Crippen molar-refractivity contribution >= 4 is 11.5 Å². The molecule has 0 saturated carbocycles. The summed E-state index contributed by atoms with van der Waals surface area (Å²) in [4.78, 5) is 8.19. The van der Waals surface area contributed by atoms with Gasteiger partial charge in [-0.05, 0) is 30.7 Å². The predicted molar refractivity (Wildman–Crippen MR) is 74.9 cm³/mol. The Bertz CT molecular complexity index is 588. The molecule has 0 amide bonds. The molecule has 0 fully saturated rings. The van der Waals surface area contributed by atoms with Gasteiger partial charge in [0.25, 0.3) is 0 Å². The van der Waals surface area contributed by atoms with E-state index in [9.17, 15) is 0 Å². The fraction of sp³-hybridized carbons (Fsp3) is 0.214. The molecule has 0 saturated heterocycles. The van der Waals surface area contributed by atoms with Crippen LogP contribution in [0.15, 0.2) is 36.7 Å². The van der Waals surface area contributed by atoms with Crippen LogP contribution in [0.5, 0.6) is 0 Å². The van der Waals surface area contributed by atoms with Crippen molar-refractivity contribution < 1.29 is 0 Å². The van der Waals surface area contributed by atoms with Crippen molar-refractivity contribution in [2.45, 2.75) is 6.92 Å². The highest BCUT2D eigenvalue weighted by Gasteiger charge is 1.97. The Balaban J connectivity index is 1.81. The third-order valence-corrected chi connectivity index (χ3v) is 2.63. The van der Waals surface area contributed by atoms with E-state index in [1.807, 2.05) is 37.4 Å². The van der Waals surface area contributed by atoms with Crippen LogP contribution in [0.25, 0.3) is 0 Å². The largest absolute Gasteiger partial charge is 0.383 e. The molecule has 2 aromatic heterocycles. The van der Waals surface area contributed by atoms with E-state index in [2.05, 4.69) is 20.6 Å². The number of anilines is 2. The maximum absolute atomic E-state index is 8.75. The standard InChI is InChI=1S/C14H15N5/c1-11-10-16-6-5-13(11)17-7-8-18-14-4-2-3-12(9-15)19-14/h2-6,10H,7-8H2,1H3,(H,16,17)(H,18,19). The van der Waals surface area contributed by atoms with Crippen LogP contribution in [0.3, 0.4) is 0 Å². The van der Waals surface area contributed by atoms with E-state index in [1.54, 1.807) is 12.3 Å². The molecule has 2 N–H and O–H groups in total. The molecule has 0 bridgehead atoms. The molecule has 2 rings (SSSR count). The average Bonchev–Trinajstić information content (AvgIpc) is 2.45. The molecule has 96 valence electrons. The van der Waals surface area contributed by atoms with Crippen LogP contribution in [-0.2, 0) is 0 Å². The molecule has 0 spiro atoms. The number of aromatic nitrogens is 2. The molecule has 2 heterocycles. The predicted octanol–water partition coefficient (Wildman–Crippen LogP) is 2.18. The van der Waals surface area contributed by atoms with Crippen LogP contribution < -0.4 is 10.6 Å². The van der Waals surface area contributed by atoms with Crippen molar-refractivity contribution in [2.24, 2.45) is 0 Å². The maximum Gasteiger partial charge on any atom is 0.142 e. The average molecular weight is 253 g/mol. The van der Waals surface area contributed by atoms with E-state index in [4.69, 9.17) is 5.26 Å². The number of nitriles is 1. The second-order valence-corrected chi connectivity index (χ2v) is 4.06. The molecular weight excluding hydrogens is 238 g/mol. The summed E-state index contributed by atoms with van der Waals surface area (Å²) in [6, 6.07) is 9.31. The number of hydrogen-bond donors (Lipinski definition) is 2. The van der Waals surface area contributed by atoms with E-state index < -0.39 is 0 Å². The second-order valence-electron chi connectivity index (χ2n) is 4.06. The highest BCUT2D eigenvalue weighted by molar-refractivity contribution is 5.48. The fourth-order valence-electron chi connectivity index (χ4n) is 1.65. The van der Waals surface area contributed by atoms with Gasteiger partial charge in [-0.15, -0.1) is 0 Å². The van der Waals surface area contributed by atoms with Gasteiger partial charge in [-0.2, -0.15) is 5.26 Å². The Morgan fingerprint density at radius 1 is 1.21 bits per heavy atom. The van der Waals surface area contributed by atoms with Crippen LogP contribution in [0.1, 0.15) is 11.3 Å². The van der Waals surface area contributed by atoms with Crippen LogP contribution in [0.2, 0.25) is 0 Å². The minimum Gasteiger partial charge on any atom is -0.383 e. The molecule has 0 atom stereocenters. The second kappa shape index (κ2) is 6.36. The lowest BCUT2D eigenvalue weighted by Gasteiger charge is -2.10. The fourth-order valence-corrected chi connectivity index (χ4v) is 1.65. The highest BCUT2D eigenvalue weighted by Crippen LogP contribution is 2.10. The van der Waals surface area contributed by atoms with Crippen molar-refractivity contribution in [1.29, 1.82) is 5.26 Å². The number of aryl methyl sites for hydroxylation is 1. The molecule has 0 aliphatic heterocycles. The van der Waals surface area contributed by atoms with E-state index in [1.165, 1.54) is 0 Å². The molecule has 0 unspecified atom stereocenters. The van der Waals surface area contributed by atoms with Gasteiger partial charge < -0.3 is 10.6 Å². The minimum absolute atomic E-state index is 0.419. The molecule has 5 heteroatoms. The molecule has 5 nitrogen and oxygen atoms in total. The first kappa shape index (κ1) is 12.8. The summed E-state index contributed by atoms with van der Waals surface area (Å²) in [6.07, 6.45) is 3.59. The Kier molecular flexibility index (Phi) is 4.29. The van der Waals surface area contributed by atoms with Crippen molar-refractivity contribution in [3.63, 3.8) is 0 Å². The number of rotatable bonds is 5. The van der Waals surface area contributed by atoms with Gasteiger partial charge in [-0.3, -0.25) is 4.98 Å². The zero-order valence-corrected chi connectivity index (χ0v) is 10.7. The SMILES string of the molecule is Cc1cnccc1NCCNc1cccc(C#N)n1. The Labute approximate surface area is 112 Å². The summed E-state index contributed by atoms with van der Waals surface area (Å²) in [6.45, 7) is 3.51. The highest BCUT2D eigenvalue weighted by atomic mass is 15.0. The minimum atomic E-state index is 0.419.